The second-order valence-electron chi connectivity index (χ2n) is 5.69. The Bertz CT molecular complexity index is 816. The second-order valence-corrected chi connectivity index (χ2v) is 6.60. The van der Waals surface area contributed by atoms with E-state index >= 15 is 0 Å². The minimum Gasteiger partial charge on any atom is -0.352 e. The van der Waals surface area contributed by atoms with Crippen LogP contribution >= 0.6 is 15.9 Å². The summed E-state index contributed by atoms with van der Waals surface area (Å²) in [5.41, 5.74) is 1.87. The summed E-state index contributed by atoms with van der Waals surface area (Å²) in [5, 5.41) is 8.74. The van der Waals surface area contributed by atoms with Crippen LogP contribution in [0.15, 0.2) is 53.5 Å². The molecular formula is C17H16BrN7. The number of pyridine rings is 1. The van der Waals surface area contributed by atoms with Crippen molar-refractivity contribution < 1.29 is 0 Å². The van der Waals surface area contributed by atoms with Gasteiger partial charge in [-0.15, -0.1) is 10.2 Å². The van der Waals surface area contributed by atoms with Crippen molar-refractivity contribution in [1.82, 2.24) is 25.1 Å². The van der Waals surface area contributed by atoms with Crippen molar-refractivity contribution in [3.63, 3.8) is 0 Å². The maximum Gasteiger partial charge on any atom is 0.225 e. The van der Waals surface area contributed by atoms with Crippen LogP contribution in [0.4, 0.5) is 11.8 Å². The van der Waals surface area contributed by atoms with Gasteiger partial charge in [-0.2, -0.15) is 0 Å². The van der Waals surface area contributed by atoms with Crippen molar-refractivity contribution in [3.8, 4) is 11.3 Å². The van der Waals surface area contributed by atoms with Crippen LogP contribution in [0.2, 0.25) is 0 Å². The molecule has 0 amide bonds. The van der Waals surface area contributed by atoms with E-state index in [4.69, 9.17) is 0 Å². The molecule has 4 heterocycles. The number of aromatic nitrogens is 5. The van der Waals surface area contributed by atoms with Gasteiger partial charge in [-0.3, -0.25) is 4.98 Å². The van der Waals surface area contributed by atoms with Crippen molar-refractivity contribution in [2.75, 3.05) is 36.0 Å². The Labute approximate surface area is 153 Å². The fourth-order valence-electron chi connectivity index (χ4n) is 2.77. The zero-order valence-electron chi connectivity index (χ0n) is 13.5. The molecule has 7 nitrogen and oxygen atoms in total. The Morgan fingerprint density at radius 1 is 0.800 bits per heavy atom. The van der Waals surface area contributed by atoms with Crippen LogP contribution in [-0.2, 0) is 0 Å². The van der Waals surface area contributed by atoms with E-state index in [2.05, 4.69) is 50.9 Å². The van der Waals surface area contributed by atoms with Gasteiger partial charge in [0.15, 0.2) is 5.82 Å². The number of anilines is 2. The van der Waals surface area contributed by atoms with E-state index in [1.54, 1.807) is 24.8 Å². The number of rotatable bonds is 3. The van der Waals surface area contributed by atoms with Crippen molar-refractivity contribution in [1.29, 1.82) is 0 Å². The first-order valence-electron chi connectivity index (χ1n) is 8.01. The first-order valence-corrected chi connectivity index (χ1v) is 8.80. The summed E-state index contributed by atoms with van der Waals surface area (Å²) in [6.45, 7) is 3.44. The third kappa shape index (κ3) is 3.58. The van der Waals surface area contributed by atoms with Gasteiger partial charge in [-0.05, 0) is 40.2 Å². The summed E-state index contributed by atoms with van der Waals surface area (Å²) < 4.78 is 0.888. The van der Waals surface area contributed by atoms with Crippen LogP contribution in [0, 0.1) is 0 Å². The van der Waals surface area contributed by atoms with Gasteiger partial charge in [-0.1, -0.05) is 0 Å². The molecular weight excluding hydrogens is 382 g/mol. The van der Waals surface area contributed by atoms with Crippen molar-refractivity contribution in [3.05, 3.63) is 53.5 Å². The van der Waals surface area contributed by atoms with Gasteiger partial charge in [0, 0.05) is 56.5 Å². The molecule has 4 rings (SSSR count). The van der Waals surface area contributed by atoms with E-state index in [9.17, 15) is 0 Å². The molecule has 0 saturated carbocycles. The van der Waals surface area contributed by atoms with Crippen molar-refractivity contribution >= 4 is 27.7 Å². The van der Waals surface area contributed by atoms with Crippen LogP contribution < -0.4 is 9.80 Å². The van der Waals surface area contributed by atoms with Crippen molar-refractivity contribution in [2.24, 2.45) is 0 Å². The molecule has 0 aromatic carbocycles. The van der Waals surface area contributed by atoms with Crippen LogP contribution in [0.1, 0.15) is 0 Å². The third-order valence-electron chi connectivity index (χ3n) is 4.12. The molecule has 0 bridgehead atoms. The number of hydrogen-bond acceptors (Lipinski definition) is 7. The predicted octanol–water partition coefficient (Wildman–Crippen LogP) is 2.42. The number of nitrogens with zero attached hydrogens (tertiary/aromatic N) is 7. The zero-order chi connectivity index (χ0) is 17.1. The quantitative estimate of drug-likeness (QED) is 0.671. The van der Waals surface area contributed by atoms with Gasteiger partial charge in [0.1, 0.15) is 0 Å². The first-order chi connectivity index (χ1) is 12.3. The van der Waals surface area contributed by atoms with Gasteiger partial charge < -0.3 is 9.80 Å². The Balaban J connectivity index is 1.41. The molecule has 0 aliphatic carbocycles. The predicted molar refractivity (Wildman–Crippen MR) is 99.4 cm³/mol. The smallest absolute Gasteiger partial charge is 0.225 e. The summed E-state index contributed by atoms with van der Waals surface area (Å²) in [5.74, 6) is 1.66. The van der Waals surface area contributed by atoms with Gasteiger partial charge in [-0.25, -0.2) is 9.97 Å². The van der Waals surface area contributed by atoms with E-state index in [-0.39, 0.29) is 0 Å². The summed E-state index contributed by atoms with van der Waals surface area (Å²) in [6, 6.07) is 7.89. The highest BCUT2D eigenvalue weighted by molar-refractivity contribution is 9.10. The molecule has 1 fully saturated rings. The molecule has 1 aliphatic rings. The second kappa shape index (κ2) is 7.10. The van der Waals surface area contributed by atoms with E-state index in [0.29, 0.717) is 0 Å². The summed E-state index contributed by atoms with van der Waals surface area (Å²) >= 11 is 3.36. The Morgan fingerprint density at radius 2 is 1.48 bits per heavy atom. The lowest BCUT2D eigenvalue weighted by Gasteiger charge is -2.35. The average molecular weight is 398 g/mol. The molecule has 0 unspecified atom stereocenters. The number of halogens is 1. The van der Waals surface area contributed by atoms with Crippen LogP contribution in [0.3, 0.4) is 0 Å². The molecule has 0 atom stereocenters. The molecule has 3 aromatic rings. The Hall–Kier alpha value is -2.61. The summed E-state index contributed by atoms with van der Waals surface area (Å²) in [7, 11) is 0. The molecule has 0 radical (unpaired) electrons. The van der Waals surface area contributed by atoms with E-state index in [0.717, 1.165) is 53.7 Å². The van der Waals surface area contributed by atoms with Gasteiger partial charge in [0.05, 0.1) is 10.2 Å². The lowest BCUT2D eigenvalue weighted by molar-refractivity contribution is 0.631. The fraction of sp³-hybridized carbons (Fsp3) is 0.235. The Kier molecular flexibility index (Phi) is 4.51. The number of hydrogen-bond donors (Lipinski definition) is 0. The highest BCUT2D eigenvalue weighted by Crippen LogP contribution is 2.20. The van der Waals surface area contributed by atoms with Crippen LogP contribution in [0.25, 0.3) is 11.3 Å². The van der Waals surface area contributed by atoms with E-state index in [1.807, 2.05) is 24.3 Å². The standard InChI is InChI=1S/C17H16BrN7/c18-14-11-20-17(21-12-14)25-9-7-24(8-10-25)16-2-1-15(22-23-16)13-3-5-19-6-4-13/h1-6,11-12H,7-10H2. The van der Waals surface area contributed by atoms with Gasteiger partial charge >= 0.3 is 0 Å². The van der Waals surface area contributed by atoms with E-state index < -0.39 is 0 Å². The largest absolute Gasteiger partial charge is 0.352 e. The minimum atomic E-state index is 0.766. The highest BCUT2D eigenvalue weighted by Gasteiger charge is 2.20. The molecule has 0 N–H and O–H groups in total. The minimum absolute atomic E-state index is 0.766. The fourth-order valence-corrected chi connectivity index (χ4v) is 2.98. The SMILES string of the molecule is Brc1cnc(N2CCN(c3ccc(-c4ccncc4)nn3)CC2)nc1. The van der Waals surface area contributed by atoms with E-state index in [1.165, 1.54) is 0 Å². The summed E-state index contributed by atoms with van der Waals surface area (Å²) in [6.07, 6.45) is 7.07. The first kappa shape index (κ1) is 15.9. The maximum atomic E-state index is 4.39. The van der Waals surface area contributed by atoms with Gasteiger partial charge in [0.2, 0.25) is 5.95 Å². The monoisotopic (exact) mass is 397 g/mol. The molecule has 126 valence electrons. The summed E-state index contributed by atoms with van der Waals surface area (Å²) in [4.78, 5) is 17.2. The number of piperazine rings is 1. The molecule has 0 spiro atoms. The average Bonchev–Trinajstić information content (AvgIpc) is 2.70. The lowest BCUT2D eigenvalue weighted by atomic mass is 10.2. The zero-order valence-corrected chi connectivity index (χ0v) is 15.0. The molecule has 8 heteroatoms. The van der Waals surface area contributed by atoms with Crippen molar-refractivity contribution in [2.45, 2.75) is 0 Å². The normalized spacial score (nSPS) is 14.6. The Morgan fingerprint density at radius 3 is 2.12 bits per heavy atom. The topological polar surface area (TPSA) is 70.9 Å². The molecule has 1 saturated heterocycles. The molecule has 1 aliphatic heterocycles. The molecule has 25 heavy (non-hydrogen) atoms. The highest BCUT2D eigenvalue weighted by atomic mass is 79.9. The van der Waals surface area contributed by atoms with Gasteiger partial charge in [0.25, 0.3) is 0 Å². The lowest BCUT2D eigenvalue weighted by Crippen LogP contribution is -2.47. The van der Waals surface area contributed by atoms with Crippen LogP contribution in [0.5, 0.6) is 0 Å². The van der Waals surface area contributed by atoms with Crippen LogP contribution in [-0.4, -0.2) is 51.3 Å². The maximum absolute atomic E-state index is 4.39. The third-order valence-corrected chi connectivity index (χ3v) is 4.53. The molecule has 3 aromatic heterocycles.